The normalized spacial score (nSPS) is 11.3. The first-order valence-electron chi connectivity index (χ1n) is 55.0. The number of benzene rings is 10. The summed E-state index contributed by atoms with van der Waals surface area (Å²) in [5, 5.41) is 11.3. The van der Waals surface area contributed by atoms with Crippen molar-refractivity contribution in [2.75, 3.05) is 66.1 Å². The molecule has 0 fully saturated rings. The molecule has 0 bridgehead atoms. The molecular formula is C124H170O14. The molecule has 0 aliphatic rings. The van der Waals surface area contributed by atoms with Gasteiger partial charge in [-0.2, -0.15) is 0 Å². The summed E-state index contributed by atoms with van der Waals surface area (Å²) in [5.74, 6) is 18.7. The van der Waals surface area contributed by atoms with Crippen molar-refractivity contribution in [3.05, 3.63) is 144 Å². The molecule has 0 saturated heterocycles. The van der Waals surface area contributed by atoms with E-state index in [0.717, 1.165) is 243 Å². The molecule has 0 amide bonds. The quantitative estimate of drug-likeness (QED) is 0.0117. The van der Waals surface area contributed by atoms with E-state index in [1.54, 1.807) is 24.3 Å². The summed E-state index contributed by atoms with van der Waals surface area (Å²) in [6, 6.07) is 39.7. The summed E-state index contributed by atoms with van der Waals surface area (Å²) in [6.07, 6.45) is 55.3. The van der Waals surface area contributed by atoms with Crippen molar-refractivity contribution in [3.63, 3.8) is 0 Å². The number of hydrogen-bond acceptors (Lipinski definition) is 14. The molecule has 0 atom stereocenters. The third kappa shape index (κ3) is 36.2. The third-order valence-electron chi connectivity index (χ3n) is 26.4. The standard InChI is InChI=1S/C124H170O14/c1-11-21-31-41-53-73-127-111-83-99-101-85-113(129-75-55-43-33-23-13-3)117(133-79-59-47-37-27-17-7)89-105(101)109-93-121(119(135-81-61-49-39-29-19-9)91-107(109)103(99)87-115(111)131-77-57-45-35-25-15-5)137-123(125)97-69-65-95(66-70-97)63-51-52-64-96-67-71-98(72-68-96)124(126)138-122-94-110-106-90-118(134-80-60-48-38-28-18-8)114(130-76-56-44-34-24-14-4)86-102(106)100-84-112(128-74-54-42-32-22-12-2)116(132-78-58-46-36-26-16-6)88-104(100)108(110)92-120(122)136-82-62-50-40-30-20-10/h65-72,83-94H,11-50,53-62,73-82H2,1-10H3. The van der Waals surface area contributed by atoms with Crippen LogP contribution in [0.25, 0.3) is 64.6 Å². The van der Waals surface area contributed by atoms with Crippen molar-refractivity contribution < 1.29 is 66.4 Å². The smallest absolute Gasteiger partial charge is 0.343 e. The van der Waals surface area contributed by atoms with Crippen molar-refractivity contribution >= 4 is 76.6 Å². The second-order valence-corrected chi connectivity index (χ2v) is 38.1. The Kier molecular flexibility index (Phi) is 51.7. The molecule has 10 aromatic rings. The highest BCUT2D eigenvalue weighted by Gasteiger charge is 2.26. The Hall–Kier alpha value is -10.2. The van der Waals surface area contributed by atoms with E-state index >= 15 is 0 Å². The van der Waals surface area contributed by atoms with Crippen LogP contribution >= 0.6 is 0 Å². The Morgan fingerprint density at radius 2 is 0.304 bits per heavy atom. The number of unbranched alkanes of at least 4 members (excludes halogenated alkanes) is 40. The van der Waals surface area contributed by atoms with E-state index in [9.17, 15) is 9.59 Å². The number of carbonyl (C=O) groups excluding carboxylic acids is 2. The number of ether oxygens (including phenoxy) is 12. The highest BCUT2D eigenvalue weighted by atomic mass is 16.6. The van der Waals surface area contributed by atoms with Gasteiger partial charge in [-0.3, -0.25) is 0 Å². The molecule has 10 aromatic carbocycles. The lowest BCUT2D eigenvalue weighted by Crippen LogP contribution is -2.10. The predicted octanol–water partition coefficient (Wildman–Crippen LogP) is 35.9. The number of rotatable bonds is 74. The van der Waals surface area contributed by atoms with E-state index < -0.39 is 11.9 Å². The molecule has 0 aromatic heterocycles. The molecule has 0 spiro atoms. The van der Waals surface area contributed by atoms with E-state index in [4.69, 9.17) is 56.8 Å². The number of esters is 2. The fraction of sp³-hybridized carbons (Fsp3) is 0.565. The summed E-state index contributed by atoms with van der Waals surface area (Å²) in [5.41, 5.74) is 2.03. The SMILES string of the molecule is CCCCCCCOc1cc2c3cc(OCCCCCCC)c(OCCCCCCC)cc3c3cc(OC(=O)c4ccc(C#CC#Cc5ccc(C(=O)Oc6cc7c8cc(OCCCCCCC)c(OCCCCCCC)cc8c8cc(OCCCCCCC)c(OCCCCCCC)cc8c7cc6OCCCCCCC)cc5)cc4)c(OCCCCCCC)cc3c2cc1OCCCCCCC. The average molecular weight is 1880 g/mol. The van der Waals surface area contributed by atoms with Gasteiger partial charge in [0.15, 0.2) is 69.0 Å². The van der Waals surface area contributed by atoms with Gasteiger partial charge in [0.25, 0.3) is 0 Å². The predicted molar refractivity (Wildman–Crippen MR) is 577 cm³/mol. The fourth-order valence-electron chi connectivity index (χ4n) is 18.1. The fourth-order valence-corrected chi connectivity index (χ4v) is 18.1. The zero-order valence-electron chi connectivity index (χ0n) is 86.7. The van der Waals surface area contributed by atoms with Gasteiger partial charge in [-0.15, -0.1) is 0 Å². The van der Waals surface area contributed by atoms with Gasteiger partial charge >= 0.3 is 11.9 Å². The summed E-state index contributed by atoms with van der Waals surface area (Å²) < 4.78 is 81.5. The maximum atomic E-state index is 14.8. The second kappa shape index (κ2) is 64.9. The molecule has 0 heterocycles. The molecule has 138 heavy (non-hydrogen) atoms. The zero-order valence-corrected chi connectivity index (χ0v) is 86.7. The molecule has 14 nitrogen and oxygen atoms in total. The van der Waals surface area contributed by atoms with E-state index in [1.165, 1.54) is 154 Å². The minimum Gasteiger partial charge on any atom is -0.490 e. The van der Waals surface area contributed by atoms with Gasteiger partial charge in [0.2, 0.25) is 0 Å². The Morgan fingerprint density at radius 1 is 0.174 bits per heavy atom. The highest BCUT2D eigenvalue weighted by molar-refractivity contribution is 6.28. The van der Waals surface area contributed by atoms with E-state index in [-0.39, 0.29) is 0 Å². The van der Waals surface area contributed by atoms with Crippen LogP contribution in [0.2, 0.25) is 0 Å². The molecule has 0 aliphatic carbocycles. The van der Waals surface area contributed by atoms with Gasteiger partial charge in [0.1, 0.15) is 0 Å². The van der Waals surface area contributed by atoms with Gasteiger partial charge in [-0.05, 0) is 262 Å². The van der Waals surface area contributed by atoms with E-state index in [0.29, 0.717) is 146 Å². The van der Waals surface area contributed by atoms with E-state index in [2.05, 4.69) is 154 Å². The molecule has 0 unspecified atom stereocenters. The van der Waals surface area contributed by atoms with Crippen molar-refractivity contribution in [2.45, 2.75) is 390 Å². The van der Waals surface area contributed by atoms with Crippen molar-refractivity contribution in [1.82, 2.24) is 0 Å². The molecule has 0 N–H and O–H groups in total. The van der Waals surface area contributed by atoms with Crippen LogP contribution in [0.4, 0.5) is 0 Å². The second-order valence-electron chi connectivity index (χ2n) is 38.1. The van der Waals surface area contributed by atoms with Crippen LogP contribution in [0.15, 0.2) is 121 Å². The topological polar surface area (TPSA) is 145 Å². The van der Waals surface area contributed by atoms with Gasteiger partial charge in [-0.1, -0.05) is 338 Å². The summed E-state index contributed by atoms with van der Waals surface area (Å²) in [6.45, 7) is 27.9. The average Bonchev–Trinajstić information content (AvgIpc) is 0.728. The van der Waals surface area contributed by atoms with Crippen LogP contribution in [-0.4, -0.2) is 78.0 Å². The first-order valence-corrected chi connectivity index (χ1v) is 55.0. The van der Waals surface area contributed by atoms with E-state index in [1.807, 2.05) is 36.4 Å². The molecule has 0 saturated carbocycles. The van der Waals surface area contributed by atoms with Crippen LogP contribution in [0.3, 0.4) is 0 Å². The van der Waals surface area contributed by atoms with Gasteiger partial charge in [0.05, 0.1) is 77.2 Å². The van der Waals surface area contributed by atoms with Gasteiger partial charge in [-0.25, -0.2) is 9.59 Å². The third-order valence-corrected chi connectivity index (χ3v) is 26.4. The highest BCUT2D eigenvalue weighted by Crippen LogP contribution is 2.51. The van der Waals surface area contributed by atoms with Crippen molar-refractivity contribution in [3.8, 4) is 92.7 Å². The molecule has 0 aliphatic heterocycles. The van der Waals surface area contributed by atoms with Crippen LogP contribution in [0, 0.1) is 23.7 Å². The van der Waals surface area contributed by atoms with Gasteiger partial charge in [0, 0.05) is 11.1 Å². The maximum absolute atomic E-state index is 14.8. The Labute approximate surface area is 830 Å². The van der Waals surface area contributed by atoms with Crippen molar-refractivity contribution in [1.29, 1.82) is 0 Å². The number of hydrogen-bond donors (Lipinski definition) is 0. The molecular weight excluding hydrogens is 1710 g/mol. The molecule has 0 radical (unpaired) electrons. The van der Waals surface area contributed by atoms with Crippen LogP contribution in [0.5, 0.6) is 69.0 Å². The van der Waals surface area contributed by atoms with Crippen LogP contribution in [-0.2, 0) is 0 Å². The summed E-state index contributed by atoms with van der Waals surface area (Å²) >= 11 is 0. The van der Waals surface area contributed by atoms with Crippen LogP contribution < -0.4 is 56.8 Å². The zero-order chi connectivity index (χ0) is 97.2. The number of fused-ring (bicyclic) bond motifs is 12. The summed E-state index contributed by atoms with van der Waals surface area (Å²) in [4.78, 5) is 29.7. The number of carbonyl (C=O) groups is 2. The maximum Gasteiger partial charge on any atom is 0.343 e. The minimum atomic E-state index is -0.536. The monoisotopic (exact) mass is 1880 g/mol. The Bertz CT molecular complexity index is 4930. The van der Waals surface area contributed by atoms with Crippen molar-refractivity contribution in [2.24, 2.45) is 0 Å². The first-order chi connectivity index (χ1) is 68.0. The Balaban J connectivity index is 0.969. The first kappa shape index (κ1) is 110. The minimum absolute atomic E-state index is 0.317. The largest absolute Gasteiger partial charge is 0.490 e. The van der Waals surface area contributed by atoms with Crippen LogP contribution in [0.1, 0.15) is 422 Å². The molecule has 10 rings (SSSR count). The lowest BCUT2D eigenvalue weighted by molar-refractivity contribution is 0.0719. The van der Waals surface area contributed by atoms with Gasteiger partial charge < -0.3 is 56.8 Å². The lowest BCUT2D eigenvalue weighted by Gasteiger charge is -2.20. The molecule has 750 valence electrons. The lowest BCUT2D eigenvalue weighted by atomic mass is 9.93. The summed E-state index contributed by atoms with van der Waals surface area (Å²) in [7, 11) is 0. The molecule has 14 heteroatoms. The Morgan fingerprint density at radius 3 is 0.449 bits per heavy atom.